The molecular formula is C23H32F2O2S2. The lowest BCUT2D eigenvalue weighted by atomic mass is 9.46. The number of ketones is 1. The van der Waals surface area contributed by atoms with E-state index in [9.17, 15) is 14.3 Å². The zero-order chi connectivity index (χ0) is 21.1. The van der Waals surface area contributed by atoms with Crippen LogP contribution in [0.15, 0.2) is 23.8 Å². The number of fused-ring (bicyclic) bond motifs is 5. The molecule has 0 spiro atoms. The number of carbonyl (C=O) groups excluding carboxylic acids is 1. The zero-order valence-corrected chi connectivity index (χ0v) is 19.2. The van der Waals surface area contributed by atoms with Crippen molar-refractivity contribution in [2.45, 2.75) is 68.7 Å². The quantitative estimate of drug-likeness (QED) is 0.570. The third kappa shape index (κ3) is 2.80. The van der Waals surface area contributed by atoms with Crippen LogP contribution in [0.1, 0.15) is 52.9 Å². The Morgan fingerprint density at radius 2 is 2.00 bits per heavy atom. The topological polar surface area (TPSA) is 37.3 Å². The van der Waals surface area contributed by atoms with Gasteiger partial charge in [0.25, 0.3) is 0 Å². The van der Waals surface area contributed by atoms with Gasteiger partial charge in [0.05, 0.1) is 16.9 Å². The van der Waals surface area contributed by atoms with Crippen LogP contribution in [-0.2, 0) is 4.79 Å². The Bertz CT molecular complexity index is 755. The summed E-state index contributed by atoms with van der Waals surface area (Å²) in [7, 11) is 0. The molecule has 7 atom stereocenters. The first-order chi connectivity index (χ1) is 13.7. The summed E-state index contributed by atoms with van der Waals surface area (Å²) >= 11 is 3.55. The summed E-state index contributed by atoms with van der Waals surface area (Å²) < 4.78 is 30.0. The summed E-state index contributed by atoms with van der Waals surface area (Å²) in [6, 6.07) is 0. The van der Waals surface area contributed by atoms with Crippen LogP contribution in [0.3, 0.4) is 0 Å². The second kappa shape index (κ2) is 7.37. The summed E-state index contributed by atoms with van der Waals surface area (Å²) in [5.74, 6) is 1.20. The molecule has 4 aliphatic rings. The van der Waals surface area contributed by atoms with E-state index in [0.717, 1.165) is 24.2 Å². The van der Waals surface area contributed by atoms with Crippen molar-refractivity contribution in [3.8, 4) is 0 Å². The normalized spacial score (nSPS) is 48.7. The molecule has 1 N–H and O–H groups in total. The van der Waals surface area contributed by atoms with Crippen LogP contribution in [0, 0.1) is 22.7 Å². The van der Waals surface area contributed by atoms with Crippen molar-refractivity contribution in [1.82, 2.24) is 0 Å². The maximum Gasteiger partial charge on any atom is 0.178 e. The Morgan fingerprint density at radius 3 is 2.69 bits per heavy atom. The van der Waals surface area contributed by atoms with Crippen LogP contribution in [-0.4, -0.2) is 44.9 Å². The average Bonchev–Trinajstić information content (AvgIpc) is 2.95. The van der Waals surface area contributed by atoms with Crippen molar-refractivity contribution >= 4 is 29.3 Å². The minimum absolute atomic E-state index is 0.0866. The fourth-order valence-electron chi connectivity index (χ4n) is 7.11. The van der Waals surface area contributed by atoms with Crippen molar-refractivity contribution in [3.63, 3.8) is 0 Å². The molecule has 29 heavy (non-hydrogen) atoms. The summed E-state index contributed by atoms with van der Waals surface area (Å²) in [4.78, 5) is 11.9. The second-order valence-electron chi connectivity index (χ2n) is 9.53. The molecule has 0 saturated heterocycles. The van der Waals surface area contributed by atoms with Gasteiger partial charge in [0.1, 0.15) is 0 Å². The molecule has 0 heterocycles. The van der Waals surface area contributed by atoms with Gasteiger partial charge in [0, 0.05) is 17.1 Å². The van der Waals surface area contributed by atoms with Crippen molar-refractivity contribution in [1.29, 1.82) is 0 Å². The van der Waals surface area contributed by atoms with E-state index in [4.69, 9.17) is 0 Å². The van der Waals surface area contributed by atoms with Gasteiger partial charge < -0.3 is 5.11 Å². The number of hydrogen-bond acceptors (Lipinski definition) is 4. The van der Waals surface area contributed by atoms with Crippen molar-refractivity contribution < 1.29 is 18.7 Å². The lowest BCUT2D eigenvalue weighted by Crippen LogP contribution is -2.67. The minimum Gasteiger partial charge on any atom is -0.390 e. The first-order valence-electron chi connectivity index (χ1n) is 10.8. The predicted molar refractivity (Wildman–Crippen MR) is 118 cm³/mol. The SMILES string of the molecule is CCS[C@]1(SCCF)CC[C@H]2[C@@H]3CCC4=CC(=O)C=C[C@]4(C)C3(F)[C@@H](O)C[C@@]21C. The van der Waals surface area contributed by atoms with Gasteiger partial charge in [-0.15, -0.1) is 23.5 Å². The van der Waals surface area contributed by atoms with E-state index in [2.05, 4.69) is 13.8 Å². The van der Waals surface area contributed by atoms with Crippen LogP contribution < -0.4 is 0 Å². The molecule has 1 unspecified atom stereocenters. The van der Waals surface area contributed by atoms with Gasteiger partial charge in [-0.2, -0.15) is 0 Å². The monoisotopic (exact) mass is 442 g/mol. The van der Waals surface area contributed by atoms with E-state index >= 15 is 4.39 Å². The van der Waals surface area contributed by atoms with Gasteiger partial charge in [-0.3, -0.25) is 9.18 Å². The van der Waals surface area contributed by atoms with E-state index in [1.54, 1.807) is 23.9 Å². The lowest BCUT2D eigenvalue weighted by molar-refractivity contribution is -0.189. The Hall–Kier alpha value is -0.330. The van der Waals surface area contributed by atoms with Crippen molar-refractivity contribution in [2.24, 2.45) is 22.7 Å². The lowest BCUT2D eigenvalue weighted by Gasteiger charge is -2.63. The first-order valence-corrected chi connectivity index (χ1v) is 12.8. The fourth-order valence-corrected chi connectivity index (χ4v) is 10.6. The van der Waals surface area contributed by atoms with Crippen LogP contribution in [0.4, 0.5) is 8.78 Å². The molecule has 2 nitrogen and oxygen atoms in total. The number of alkyl halides is 2. The molecular weight excluding hydrogens is 410 g/mol. The smallest absolute Gasteiger partial charge is 0.178 e. The second-order valence-corrected chi connectivity index (χ2v) is 12.7. The molecule has 0 bridgehead atoms. The molecule has 0 radical (unpaired) electrons. The van der Waals surface area contributed by atoms with E-state index < -0.39 is 17.2 Å². The van der Waals surface area contributed by atoms with Crippen molar-refractivity contribution in [2.75, 3.05) is 18.2 Å². The van der Waals surface area contributed by atoms with E-state index in [0.29, 0.717) is 25.0 Å². The predicted octanol–water partition coefficient (Wildman–Crippen LogP) is 5.51. The molecule has 4 aliphatic carbocycles. The molecule has 0 aromatic carbocycles. The molecule has 0 amide bonds. The molecule has 3 saturated carbocycles. The maximum absolute atomic E-state index is 17.0. The number of rotatable bonds is 5. The van der Waals surface area contributed by atoms with E-state index in [1.165, 1.54) is 6.08 Å². The van der Waals surface area contributed by atoms with Crippen LogP contribution in [0.25, 0.3) is 0 Å². The highest BCUT2D eigenvalue weighted by Crippen LogP contribution is 2.73. The third-order valence-electron chi connectivity index (χ3n) is 8.48. The first kappa shape index (κ1) is 21.9. The minimum atomic E-state index is -1.77. The van der Waals surface area contributed by atoms with E-state index in [-0.39, 0.29) is 33.8 Å². The maximum atomic E-state index is 17.0. The summed E-state index contributed by atoms with van der Waals surface area (Å²) in [6.45, 7) is 5.85. The number of carbonyl (C=O) groups is 1. The number of aliphatic hydroxyl groups excluding tert-OH is 1. The number of hydrogen-bond donors (Lipinski definition) is 1. The Labute approximate surface area is 181 Å². The highest BCUT2D eigenvalue weighted by Gasteiger charge is 2.73. The van der Waals surface area contributed by atoms with Gasteiger partial charge in [-0.25, -0.2) is 4.39 Å². The number of aliphatic hydroxyl groups is 1. The summed E-state index contributed by atoms with van der Waals surface area (Å²) in [5.41, 5.74) is -2.11. The highest BCUT2D eigenvalue weighted by molar-refractivity contribution is 8.18. The number of thioether (sulfide) groups is 2. The molecule has 0 aromatic heterocycles. The molecule has 6 heteroatoms. The molecule has 4 rings (SSSR count). The van der Waals surface area contributed by atoms with Crippen LogP contribution in [0.2, 0.25) is 0 Å². The third-order valence-corrected chi connectivity index (χ3v) is 12.1. The Morgan fingerprint density at radius 1 is 1.24 bits per heavy atom. The van der Waals surface area contributed by atoms with Gasteiger partial charge in [0.15, 0.2) is 11.5 Å². The van der Waals surface area contributed by atoms with E-state index in [1.807, 2.05) is 18.7 Å². The van der Waals surface area contributed by atoms with Gasteiger partial charge in [-0.05, 0) is 68.3 Å². The summed E-state index contributed by atoms with van der Waals surface area (Å²) in [5, 5.41) is 11.4. The molecule has 3 fully saturated rings. The molecule has 0 aromatic rings. The van der Waals surface area contributed by atoms with Gasteiger partial charge >= 0.3 is 0 Å². The standard InChI is InChI=1S/C23H32F2O2S2/c1-4-28-22(29-12-11-24)10-8-17-18-6-5-15-13-16(26)7-9-20(15,2)23(18,25)19(27)14-21(17,22)3/h7,9,13,17-19,27H,4-6,8,10-12,14H2,1-3H3/t17-,18-,19-,20-,21-,22-,23?/m0/s1. The average molecular weight is 443 g/mol. The molecule has 162 valence electrons. The Balaban J connectivity index is 1.76. The fraction of sp³-hybridized carbons (Fsp3) is 0.783. The summed E-state index contributed by atoms with van der Waals surface area (Å²) in [6.07, 6.45) is 7.28. The Kier molecular flexibility index (Phi) is 5.56. The highest BCUT2D eigenvalue weighted by atomic mass is 32.2. The number of halogens is 2. The van der Waals surface area contributed by atoms with Crippen LogP contribution in [0.5, 0.6) is 0 Å². The van der Waals surface area contributed by atoms with Crippen molar-refractivity contribution in [3.05, 3.63) is 23.8 Å². The zero-order valence-electron chi connectivity index (χ0n) is 17.5. The number of allylic oxidation sites excluding steroid dienone is 4. The molecule has 0 aliphatic heterocycles. The van der Waals surface area contributed by atoms with Crippen LogP contribution >= 0.6 is 23.5 Å². The largest absolute Gasteiger partial charge is 0.390 e. The van der Waals surface area contributed by atoms with Gasteiger partial charge in [0.2, 0.25) is 0 Å². The van der Waals surface area contributed by atoms with Gasteiger partial charge in [-0.1, -0.05) is 25.5 Å².